The summed E-state index contributed by atoms with van der Waals surface area (Å²) < 4.78 is 7.35. The van der Waals surface area contributed by atoms with Crippen LogP contribution >= 0.6 is 0 Å². The van der Waals surface area contributed by atoms with E-state index in [1.54, 1.807) is 6.20 Å². The summed E-state index contributed by atoms with van der Waals surface area (Å²) in [7, 11) is 0. The fourth-order valence-electron chi connectivity index (χ4n) is 2.47. The van der Waals surface area contributed by atoms with Gasteiger partial charge >= 0.3 is 0 Å². The molecule has 1 fully saturated rings. The number of ether oxygens (including phenoxy) is 1. The summed E-state index contributed by atoms with van der Waals surface area (Å²) in [5, 5.41) is 0. The van der Waals surface area contributed by atoms with Gasteiger partial charge in [-0.1, -0.05) is 12.1 Å². The van der Waals surface area contributed by atoms with Gasteiger partial charge in [-0.3, -0.25) is 4.79 Å². The van der Waals surface area contributed by atoms with Gasteiger partial charge in [0.15, 0.2) is 0 Å². The van der Waals surface area contributed by atoms with Crippen LogP contribution in [0.15, 0.2) is 36.7 Å². The molecule has 1 aliphatic rings. The van der Waals surface area contributed by atoms with Crippen molar-refractivity contribution in [3.05, 3.63) is 53.6 Å². The van der Waals surface area contributed by atoms with Crippen molar-refractivity contribution in [1.29, 1.82) is 0 Å². The predicted octanol–water partition coefficient (Wildman–Crippen LogP) is 1.71. The summed E-state index contributed by atoms with van der Waals surface area (Å²) in [4.78, 5) is 18.4. The first-order valence-corrected chi connectivity index (χ1v) is 7.18. The second kappa shape index (κ2) is 6.10. The Labute approximate surface area is 124 Å². The first kappa shape index (κ1) is 13.8. The molecule has 2 heterocycles. The molecule has 1 amide bonds. The first-order valence-electron chi connectivity index (χ1n) is 7.18. The Morgan fingerprint density at radius 3 is 2.57 bits per heavy atom. The van der Waals surface area contributed by atoms with Gasteiger partial charge in [0.05, 0.1) is 13.2 Å². The molecule has 0 radical (unpaired) electrons. The maximum absolute atomic E-state index is 12.3. The van der Waals surface area contributed by atoms with Gasteiger partial charge in [0, 0.05) is 37.6 Å². The van der Waals surface area contributed by atoms with Crippen LogP contribution in [0.1, 0.15) is 21.7 Å². The van der Waals surface area contributed by atoms with E-state index >= 15 is 0 Å². The molecule has 0 aliphatic carbocycles. The second-order valence-corrected chi connectivity index (χ2v) is 5.20. The lowest BCUT2D eigenvalue weighted by molar-refractivity contribution is 0.0303. The smallest absolute Gasteiger partial charge is 0.254 e. The van der Waals surface area contributed by atoms with Gasteiger partial charge in [-0.15, -0.1) is 0 Å². The summed E-state index contributed by atoms with van der Waals surface area (Å²) in [5.41, 5.74) is 1.90. The molecule has 0 N–H and O–H groups in total. The molecule has 1 aliphatic heterocycles. The fourth-order valence-corrected chi connectivity index (χ4v) is 2.47. The van der Waals surface area contributed by atoms with Gasteiger partial charge in [-0.2, -0.15) is 0 Å². The topological polar surface area (TPSA) is 47.4 Å². The number of amides is 1. The molecule has 1 aromatic carbocycles. The third kappa shape index (κ3) is 3.13. The largest absolute Gasteiger partial charge is 0.378 e. The molecule has 0 atom stereocenters. The highest BCUT2D eigenvalue weighted by molar-refractivity contribution is 5.94. The van der Waals surface area contributed by atoms with Crippen LogP contribution in [-0.2, 0) is 11.3 Å². The van der Waals surface area contributed by atoms with E-state index in [-0.39, 0.29) is 5.91 Å². The van der Waals surface area contributed by atoms with Gasteiger partial charge in [-0.05, 0) is 24.6 Å². The van der Waals surface area contributed by atoms with Gasteiger partial charge < -0.3 is 14.2 Å². The van der Waals surface area contributed by atoms with Crippen LogP contribution in [0.3, 0.4) is 0 Å². The van der Waals surface area contributed by atoms with Crippen LogP contribution in [-0.4, -0.2) is 46.7 Å². The number of morpholine rings is 1. The number of nitrogens with zero attached hydrogens (tertiary/aromatic N) is 3. The van der Waals surface area contributed by atoms with E-state index < -0.39 is 0 Å². The number of carbonyl (C=O) groups is 1. The summed E-state index contributed by atoms with van der Waals surface area (Å²) >= 11 is 0. The van der Waals surface area contributed by atoms with Crippen LogP contribution in [0.4, 0.5) is 0 Å². The van der Waals surface area contributed by atoms with Crippen molar-refractivity contribution >= 4 is 5.91 Å². The van der Waals surface area contributed by atoms with E-state index in [4.69, 9.17) is 4.74 Å². The minimum absolute atomic E-state index is 0.0867. The fraction of sp³-hybridized carbons (Fsp3) is 0.375. The van der Waals surface area contributed by atoms with Crippen molar-refractivity contribution in [3.8, 4) is 0 Å². The highest BCUT2D eigenvalue weighted by Crippen LogP contribution is 2.11. The molecule has 110 valence electrons. The number of hydrogen-bond donors (Lipinski definition) is 0. The zero-order chi connectivity index (χ0) is 14.7. The monoisotopic (exact) mass is 285 g/mol. The van der Waals surface area contributed by atoms with Gasteiger partial charge in [0.1, 0.15) is 5.82 Å². The van der Waals surface area contributed by atoms with E-state index in [2.05, 4.69) is 9.55 Å². The lowest BCUT2D eigenvalue weighted by Crippen LogP contribution is -2.40. The Morgan fingerprint density at radius 2 is 1.95 bits per heavy atom. The number of hydrogen-bond acceptors (Lipinski definition) is 3. The predicted molar refractivity (Wildman–Crippen MR) is 79.2 cm³/mol. The molecule has 0 spiro atoms. The molecule has 1 aromatic heterocycles. The zero-order valence-electron chi connectivity index (χ0n) is 12.2. The minimum atomic E-state index is 0.0867. The second-order valence-electron chi connectivity index (χ2n) is 5.20. The van der Waals surface area contributed by atoms with Crippen LogP contribution < -0.4 is 0 Å². The third-order valence-electron chi connectivity index (χ3n) is 3.78. The molecule has 0 bridgehead atoms. The highest BCUT2D eigenvalue weighted by atomic mass is 16.5. The molecule has 5 heteroatoms. The van der Waals surface area contributed by atoms with Crippen molar-refractivity contribution in [2.75, 3.05) is 26.3 Å². The van der Waals surface area contributed by atoms with Crippen LogP contribution in [0.25, 0.3) is 0 Å². The number of benzene rings is 1. The zero-order valence-corrected chi connectivity index (χ0v) is 12.2. The average molecular weight is 285 g/mol. The molecule has 0 unspecified atom stereocenters. The Bertz CT molecular complexity index is 613. The SMILES string of the molecule is Cc1nccn1Cc1ccc(C(=O)N2CCOCC2)cc1. The molecule has 3 rings (SSSR count). The van der Waals surface area contributed by atoms with E-state index in [1.807, 2.05) is 42.3 Å². The summed E-state index contributed by atoms with van der Waals surface area (Å²) in [6.45, 7) is 5.37. The summed E-state index contributed by atoms with van der Waals surface area (Å²) in [6, 6.07) is 7.82. The Balaban J connectivity index is 1.68. The summed E-state index contributed by atoms with van der Waals surface area (Å²) in [5.74, 6) is 1.08. The van der Waals surface area contributed by atoms with Crippen LogP contribution in [0, 0.1) is 6.92 Å². The maximum Gasteiger partial charge on any atom is 0.254 e. The van der Waals surface area contributed by atoms with Crippen LogP contribution in [0.2, 0.25) is 0 Å². The van der Waals surface area contributed by atoms with E-state index in [0.29, 0.717) is 26.3 Å². The molecule has 2 aromatic rings. The lowest BCUT2D eigenvalue weighted by Gasteiger charge is -2.26. The maximum atomic E-state index is 12.3. The molecule has 0 saturated carbocycles. The quantitative estimate of drug-likeness (QED) is 0.862. The molecular formula is C16H19N3O2. The lowest BCUT2D eigenvalue weighted by atomic mass is 10.1. The van der Waals surface area contributed by atoms with Gasteiger partial charge in [-0.25, -0.2) is 4.98 Å². The van der Waals surface area contributed by atoms with Gasteiger partial charge in [0.2, 0.25) is 0 Å². The molecule has 5 nitrogen and oxygen atoms in total. The Hall–Kier alpha value is -2.14. The standard InChI is InChI=1S/C16H19N3O2/c1-13-17-6-7-19(13)12-14-2-4-15(5-3-14)16(20)18-8-10-21-11-9-18/h2-7H,8-12H2,1H3. The highest BCUT2D eigenvalue weighted by Gasteiger charge is 2.18. The normalized spacial score (nSPS) is 15.2. The number of aromatic nitrogens is 2. The van der Waals surface area contributed by atoms with Gasteiger partial charge in [0.25, 0.3) is 5.91 Å². The van der Waals surface area contributed by atoms with E-state index in [1.165, 1.54) is 0 Å². The number of imidazole rings is 1. The number of aryl methyl sites for hydroxylation is 1. The number of rotatable bonds is 3. The molecule has 1 saturated heterocycles. The molecule has 21 heavy (non-hydrogen) atoms. The summed E-state index contributed by atoms with van der Waals surface area (Å²) in [6.07, 6.45) is 3.76. The van der Waals surface area contributed by atoms with Crippen molar-refractivity contribution in [1.82, 2.24) is 14.5 Å². The molecular weight excluding hydrogens is 266 g/mol. The van der Waals surface area contributed by atoms with Crippen molar-refractivity contribution in [2.45, 2.75) is 13.5 Å². The number of carbonyl (C=O) groups excluding carboxylic acids is 1. The van der Waals surface area contributed by atoms with Crippen molar-refractivity contribution in [2.24, 2.45) is 0 Å². The van der Waals surface area contributed by atoms with Crippen molar-refractivity contribution < 1.29 is 9.53 Å². The third-order valence-corrected chi connectivity index (χ3v) is 3.78. The first-order chi connectivity index (χ1) is 10.2. The van der Waals surface area contributed by atoms with Crippen LogP contribution in [0.5, 0.6) is 0 Å². The van der Waals surface area contributed by atoms with E-state index in [0.717, 1.165) is 23.5 Å². The minimum Gasteiger partial charge on any atom is -0.378 e. The Morgan fingerprint density at radius 1 is 1.24 bits per heavy atom. The van der Waals surface area contributed by atoms with E-state index in [9.17, 15) is 4.79 Å². The Kier molecular flexibility index (Phi) is 4.01. The average Bonchev–Trinajstić information content (AvgIpc) is 2.93. The van der Waals surface area contributed by atoms with Crippen molar-refractivity contribution in [3.63, 3.8) is 0 Å².